The first kappa shape index (κ1) is 11.2. The summed E-state index contributed by atoms with van der Waals surface area (Å²) in [4.78, 5) is 24.3. The van der Waals surface area contributed by atoms with Gasteiger partial charge in [0.05, 0.1) is 0 Å². The van der Waals surface area contributed by atoms with E-state index < -0.39 is 5.41 Å². The minimum absolute atomic E-state index is 0.0116. The highest BCUT2D eigenvalue weighted by Crippen LogP contribution is 2.45. The lowest BCUT2D eigenvalue weighted by Gasteiger charge is -2.28. The Morgan fingerprint density at radius 1 is 1.43 bits per heavy atom. The van der Waals surface area contributed by atoms with Crippen molar-refractivity contribution in [1.82, 2.24) is 4.90 Å². The molecule has 1 aliphatic carbocycles. The topological polar surface area (TPSA) is 37.4 Å². The first-order chi connectivity index (χ1) is 6.31. The second-order valence-corrected chi connectivity index (χ2v) is 5.50. The zero-order chi connectivity index (χ0) is 11.0. The molecule has 0 aromatic rings. The Hall–Kier alpha value is -0.860. The predicted octanol–water partition coefficient (Wildman–Crippen LogP) is 1.47. The molecule has 0 aromatic heterocycles. The number of hydrogen-bond acceptors (Lipinski definition) is 2. The maximum atomic E-state index is 11.8. The summed E-state index contributed by atoms with van der Waals surface area (Å²) in [5, 5.41) is 0. The summed E-state index contributed by atoms with van der Waals surface area (Å²) in [5.41, 5.74) is -0.566. The van der Waals surface area contributed by atoms with Crippen LogP contribution in [-0.2, 0) is 9.59 Å². The third-order valence-electron chi connectivity index (χ3n) is 2.50. The zero-order valence-electron chi connectivity index (χ0n) is 9.46. The molecule has 80 valence electrons. The van der Waals surface area contributed by atoms with E-state index in [0.717, 1.165) is 19.1 Å². The lowest BCUT2D eigenvalue weighted by Crippen LogP contribution is -2.39. The van der Waals surface area contributed by atoms with Gasteiger partial charge in [-0.25, -0.2) is 0 Å². The number of nitrogens with zero attached hydrogens (tertiary/aromatic N) is 1. The summed E-state index contributed by atoms with van der Waals surface area (Å²) in [5.74, 6) is -0.0116. The van der Waals surface area contributed by atoms with E-state index in [-0.39, 0.29) is 11.3 Å². The molecule has 0 saturated heterocycles. The van der Waals surface area contributed by atoms with Crippen molar-refractivity contribution in [2.45, 2.75) is 33.6 Å². The Kier molecular flexibility index (Phi) is 2.70. The molecule has 0 spiro atoms. The summed E-state index contributed by atoms with van der Waals surface area (Å²) in [6.45, 7) is 6.94. The van der Waals surface area contributed by atoms with E-state index in [4.69, 9.17) is 0 Å². The fraction of sp³-hybridized carbons (Fsp3) is 0.818. The molecule has 0 atom stereocenters. The van der Waals surface area contributed by atoms with Gasteiger partial charge < -0.3 is 9.69 Å². The Labute approximate surface area is 85.5 Å². The van der Waals surface area contributed by atoms with Gasteiger partial charge in [-0.2, -0.15) is 0 Å². The smallest absolute Gasteiger partial charge is 0.235 e. The third kappa shape index (κ3) is 2.34. The van der Waals surface area contributed by atoms with Crippen LogP contribution in [0.25, 0.3) is 0 Å². The van der Waals surface area contributed by atoms with Crippen LogP contribution in [-0.4, -0.2) is 30.7 Å². The molecule has 0 aliphatic heterocycles. The van der Waals surface area contributed by atoms with E-state index in [1.807, 2.05) is 0 Å². The molecule has 1 fully saturated rings. The van der Waals surface area contributed by atoms with Gasteiger partial charge >= 0.3 is 0 Å². The van der Waals surface area contributed by atoms with Gasteiger partial charge in [-0.15, -0.1) is 0 Å². The van der Waals surface area contributed by atoms with Crippen LogP contribution in [0.1, 0.15) is 33.6 Å². The molecule has 1 saturated carbocycles. The van der Waals surface area contributed by atoms with Gasteiger partial charge in [0.2, 0.25) is 5.91 Å². The van der Waals surface area contributed by atoms with E-state index in [1.54, 1.807) is 11.9 Å². The molecule has 1 amide bonds. The third-order valence-corrected chi connectivity index (χ3v) is 2.50. The molecule has 0 heterocycles. The maximum Gasteiger partial charge on any atom is 0.235 e. The van der Waals surface area contributed by atoms with Crippen LogP contribution in [0.15, 0.2) is 0 Å². The SMILES string of the molecule is CN(CC(C)(C)C)C(=O)C1(C=O)CC1. The van der Waals surface area contributed by atoms with Gasteiger partial charge in [0.15, 0.2) is 0 Å². The Morgan fingerprint density at radius 3 is 2.21 bits per heavy atom. The normalized spacial score (nSPS) is 18.9. The van der Waals surface area contributed by atoms with Crippen LogP contribution in [0.3, 0.4) is 0 Å². The number of amides is 1. The average Bonchev–Trinajstić information content (AvgIpc) is 2.80. The summed E-state index contributed by atoms with van der Waals surface area (Å²) in [6, 6.07) is 0. The van der Waals surface area contributed by atoms with Gasteiger partial charge in [-0.3, -0.25) is 4.79 Å². The molecule has 3 heteroatoms. The molecule has 0 bridgehead atoms. The minimum atomic E-state index is -0.653. The van der Waals surface area contributed by atoms with Crippen LogP contribution in [0.2, 0.25) is 0 Å². The first-order valence-corrected chi connectivity index (χ1v) is 5.03. The molecule has 1 rings (SSSR count). The number of carbonyl (C=O) groups excluding carboxylic acids is 2. The quantitative estimate of drug-likeness (QED) is 0.507. The second kappa shape index (κ2) is 3.37. The van der Waals surface area contributed by atoms with Gasteiger partial charge in [0, 0.05) is 13.6 Å². The number of hydrogen-bond donors (Lipinski definition) is 0. The summed E-state index contributed by atoms with van der Waals surface area (Å²) < 4.78 is 0. The number of carbonyl (C=O) groups is 2. The van der Waals surface area contributed by atoms with E-state index in [2.05, 4.69) is 20.8 Å². The first-order valence-electron chi connectivity index (χ1n) is 5.03. The molecule has 0 radical (unpaired) electrons. The monoisotopic (exact) mass is 197 g/mol. The van der Waals surface area contributed by atoms with Crippen molar-refractivity contribution in [3.63, 3.8) is 0 Å². The van der Waals surface area contributed by atoms with Gasteiger partial charge in [0.1, 0.15) is 11.7 Å². The highest BCUT2D eigenvalue weighted by molar-refractivity contribution is 5.99. The van der Waals surface area contributed by atoms with Crippen LogP contribution in [0.4, 0.5) is 0 Å². The summed E-state index contributed by atoms with van der Waals surface area (Å²) in [7, 11) is 1.77. The largest absolute Gasteiger partial charge is 0.344 e. The molecular weight excluding hydrogens is 178 g/mol. The van der Waals surface area contributed by atoms with E-state index >= 15 is 0 Å². The minimum Gasteiger partial charge on any atom is -0.344 e. The van der Waals surface area contributed by atoms with Crippen molar-refractivity contribution >= 4 is 12.2 Å². The maximum absolute atomic E-state index is 11.8. The van der Waals surface area contributed by atoms with Crippen molar-refractivity contribution in [3.05, 3.63) is 0 Å². The molecule has 0 aromatic carbocycles. The van der Waals surface area contributed by atoms with Crippen LogP contribution >= 0.6 is 0 Å². The summed E-state index contributed by atoms with van der Waals surface area (Å²) >= 11 is 0. The van der Waals surface area contributed by atoms with Gasteiger partial charge in [0.25, 0.3) is 0 Å². The van der Waals surface area contributed by atoms with Crippen molar-refractivity contribution in [1.29, 1.82) is 0 Å². The predicted molar refractivity (Wildman–Crippen MR) is 54.8 cm³/mol. The van der Waals surface area contributed by atoms with Crippen molar-refractivity contribution in [3.8, 4) is 0 Å². The van der Waals surface area contributed by atoms with Crippen LogP contribution < -0.4 is 0 Å². The molecule has 1 aliphatic rings. The molecule has 0 N–H and O–H groups in total. The fourth-order valence-electron chi connectivity index (χ4n) is 1.68. The zero-order valence-corrected chi connectivity index (χ0v) is 9.46. The van der Waals surface area contributed by atoms with Crippen LogP contribution in [0, 0.1) is 10.8 Å². The van der Waals surface area contributed by atoms with Crippen molar-refractivity contribution in [2.24, 2.45) is 10.8 Å². The van der Waals surface area contributed by atoms with Crippen molar-refractivity contribution in [2.75, 3.05) is 13.6 Å². The van der Waals surface area contributed by atoms with Gasteiger partial charge in [-0.05, 0) is 18.3 Å². The molecule has 14 heavy (non-hydrogen) atoms. The van der Waals surface area contributed by atoms with E-state index in [1.165, 1.54) is 0 Å². The highest BCUT2D eigenvalue weighted by Gasteiger charge is 2.51. The fourth-order valence-corrected chi connectivity index (χ4v) is 1.68. The lowest BCUT2D eigenvalue weighted by atomic mass is 9.95. The summed E-state index contributed by atoms with van der Waals surface area (Å²) in [6.07, 6.45) is 2.27. The highest BCUT2D eigenvalue weighted by atomic mass is 16.2. The Morgan fingerprint density at radius 2 is 1.93 bits per heavy atom. The number of rotatable bonds is 3. The average molecular weight is 197 g/mol. The molecule has 3 nitrogen and oxygen atoms in total. The molecule has 0 unspecified atom stereocenters. The Balaban J connectivity index is 2.58. The van der Waals surface area contributed by atoms with E-state index in [9.17, 15) is 9.59 Å². The van der Waals surface area contributed by atoms with Crippen LogP contribution in [0.5, 0.6) is 0 Å². The Bertz CT molecular complexity index is 249. The second-order valence-electron chi connectivity index (χ2n) is 5.50. The lowest BCUT2D eigenvalue weighted by molar-refractivity contribution is -0.139. The molecular formula is C11H19NO2. The van der Waals surface area contributed by atoms with Crippen molar-refractivity contribution < 1.29 is 9.59 Å². The number of aldehydes is 1. The van der Waals surface area contributed by atoms with Gasteiger partial charge in [-0.1, -0.05) is 20.8 Å². The van der Waals surface area contributed by atoms with E-state index in [0.29, 0.717) is 6.54 Å². The standard InChI is InChI=1S/C11H19NO2/c1-10(2,3)7-12(4)9(14)11(8-13)5-6-11/h8H,5-7H2,1-4H3.